The van der Waals surface area contributed by atoms with Crippen LogP contribution >= 0.6 is 11.8 Å². The Morgan fingerprint density at radius 1 is 1.11 bits per heavy atom. The second-order valence-electron chi connectivity index (χ2n) is 5.96. The Balaban J connectivity index is 1.59. The summed E-state index contributed by atoms with van der Waals surface area (Å²) in [5.74, 6) is 0.152. The SMILES string of the molecule is CCSc1ccccc1NC(=O)CCCN1C(=O)c2ccccc2S1(=O)=O. The first-order valence-electron chi connectivity index (χ1n) is 8.63. The first kappa shape index (κ1) is 19.4. The summed E-state index contributed by atoms with van der Waals surface area (Å²) in [6, 6.07) is 13.7. The molecule has 0 fully saturated rings. The summed E-state index contributed by atoms with van der Waals surface area (Å²) in [6.07, 6.45) is 0.384. The summed E-state index contributed by atoms with van der Waals surface area (Å²) in [7, 11) is -3.82. The number of thioether (sulfide) groups is 1. The third kappa shape index (κ3) is 4.01. The number of carbonyl (C=O) groups excluding carboxylic acids is 2. The lowest BCUT2D eigenvalue weighted by atomic mass is 10.2. The van der Waals surface area contributed by atoms with Gasteiger partial charge in [-0.15, -0.1) is 11.8 Å². The molecule has 2 aromatic rings. The number of carbonyl (C=O) groups is 2. The van der Waals surface area contributed by atoms with E-state index in [1.165, 1.54) is 12.1 Å². The Kier molecular flexibility index (Phi) is 5.86. The molecule has 0 atom stereocenters. The molecule has 0 unspecified atom stereocenters. The quantitative estimate of drug-likeness (QED) is 0.716. The van der Waals surface area contributed by atoms with Gasteiger partial charge in [0.15, 0.2) is 0 Å². The molecule has 2 aromatic carbocycles. The van der Waals surface area contributed by atoms with Crippen LogP contribution in [0.25, 0.3) is 0 Å². The molecule has 6 nitrogen and oxygen atoms in total. The van der Waals surface area contributed by atoms with Gasteiger partial charge in [-0.05, 0) is 36.4 Å². The van der Waals surface area contributed by atoms with E-state index >= 15 is 0 Å². The zero-order valence-corrected chi connectivity index (χ0v) is 16.5. The molecule has 0 spiro atoms. The number of para-hydroxylation sites is 1. The summed E-state index contributed by atoms with van der Waals surface area (Å²) in [5.41, 5.74) is 0.930. The van der Waals surface area contributed by atoms with Crippen LogP contribution in [0.1, 0.15) is 30.1 Å². The molecule has 1 aliphatic rings. The van der Waals surface area contributed by atoms with Gasteiger partial charge in [-0.2, -0.15) is 0 Å². The molecule has 27 heavy (non-hydrogen) atoms. The molecule has 3 rings (SSSR count). The number of anilines is 1. The number of hydrogen-bond donors (Lipinski definition) is 1. The molecular formula is C19H20N2O4S2. The predicted octanol–water partition coefficient (Wildman–Crippen LogP) is 3.36. The molecule has 0 radical (unpaired) electrons. The lowest BCUT2D eigenvalue weighted by Gasteiger charge is -2.15. The number of nitrogens with zero attached hydrogens (tertiary/aromatic N) is 1. The summed E-state index contributed by atoms with van der Waals surface area (Å²) in [6.45, 7) is 2.02. The van der Waals surface area contributed by atoms with Crippen molar-refractivity contribution in [2.75, 3.05) is 17.6 Å². The van der Waals surface area contributed by atoms with Gasteiger partial charge in [-0.25, -0.2) is 12.7 Å². The Morgan fingerprint density at radius 3 is 2.56 bits per heavy atom. The third-order valence-electron chi connectivity index (χ3n) is 4.14. The minimum Gasteiger partial charge on any atom is -0.325 e. The van der Waals surface area contributed by atoms with Crippen molar-refractivity contribution in [3.05, 3.63) is 54.1 Å². The van der Waals surface area contributed by atoms with Crippen molar-refractivity contribution in [1.82, 2.24) is 4.31 Å². The summed E-state index contributed by atoms with van der Waals surface area (Å²) in [4.78, 5) is 25.6. The molecule has 0 aliphatic carbocycles. The number of hydrogen-bond acceptors (Lipinski definition) is 5. The smallest absolute Gasteiger partial charge is 0.269 e. The molecule has 2 amide bonds. The number of amides is 2. The van der Waals surface area contributed by atoms with E-state index in [9.17, 15) is 18.0 Å². The van der Waals surface area contributed by atoms with Gasteiger partial charge < -0.3 is 5.32 Å². The zero-order valence-electron chi connectivity index (χ0n) is 14.8. The van der Waals surface area contributed by atoms with Crippen molar-refractivity contribution in [2.45, 2.75) is 29.6 Å². The minimum absolute atomic E-state index is 0.0192. The third-order valence-corrected chi connectivity index (χ3v) is 6.93. The van der Waals surface area contributed by atoms with Gasteiger partial charge in [0, 0.05) is 17.9 Å². The highest BCUT2D eigenvalue weighted by Gasteiger charge is 2.40. The van der Waals surface area contributed by atoms with Crippen molar-refractivity contribution < 1.29 is 18.0 Å². The van der Waals surface area contributed by atoms with Crippen LogP contribution in [0.5, 0.6) is 0 Å². The topological polar surface area (TPSA) is 83.6 Å². The zero-order chi connectivity index (χ0) is 19.4. The van der Waals surface area contributed by atoms with Crippen LogP contribution in [0.15, 0.2) is 58.3 Å². The van der Waals surface area contributed by atoms with E-state index in [-0.39, 0.29) is 35.8 Å². The molecule has 1 aliphatic heterocycles. The lowest BCUT2D eigenvalue weighted by Crippen LogP contribution is -2.31. The van der Waals surface area contributed by atoms with Crippen LogP contribution < -0.4 is 5.32 Å². The molecule has 0 bridgehead atoms. The van der Waals surface area contributed by atoms with E-state index in [0.717, 1.165) is 20.6 Å². The average molecular weight is 405 g/mol. The van der Waals surface area contributed by atoms with E-state index in [1.54, 1.807) is 23.9 Å². The van der Waals surface area contributed by atoms with Crippen LogP contribution in [-0.4, -0.2) is 36.8 Å². The van der Waals surface area contributed by atoms with E-state index < -0.39 is 15.9 Å². The number of benzene rings is 2. The van der Waals surface area contributed by atoms with Crippen molar-refractivity contribution in [2.24, 2.45) is 0 Å². The molecule has 1 heterocycles. The van der Waals surface area contributed by atoms with Gasteiger partial charge in [-0.1, -0.05) is 31.2 Å². The maximum Gasteiger partial charge on any atom is 0.269 e. The van der Waals surface area contributed by atoms with Crippen LogP contribution in [0.2, 0.25) is 0 Å². The Hall–Kier alpha value is -2.32. The highest BCUT2D eigenvalue weighted by atomic mass is 32.2. The molecule has 8 heteroatoms. The number of nitrogens with one attached hydrogen (secondary N) is 1. The molecule has 0 saturated carbocycles. The van der Waals surface area contributed by atoms with Crippen molar-refractivity contribution >= 4 is 39.3 Å². The summed E-state index contributed by atoms with van der Waals surface area (Å²) >= 11 is 1.63. The fourth-order valence-corrected chi connectivity index (χ4v) is 5.27. The van der Waals surface area contributed by atoms with Crippen LogP contribution in [0.3, 0.4) is 0 Å². The average Bonchev–Trinajstić information content (AvgIpc) is 2.84. The van der Waals surface area contributed by atoms with E-state index in [2.05, 4.69) is 5.32 Å². The van der Waals surface area contributed by atoms with Crippen molar-refractivity contribution in [3.8, 4) is 0 Å². The number of sulfonamides is 1. The maximum absolute atomic E-state index is 12.5. The fraction of sp³-hybridized carbons (Fsp3) is 0.263. The normalized spacial score (nSPS) is 14.9. The lowest BCUT2D eigenvalue weighted by molar-refractivity contribution is -0.116. The first-order chi connectivity index (χ1) is 12.9. The van der Waals surface area contributed by atoms with Crippen LogP contribution in [-0.2, 0) is 14.8 Å². The van der Waals surface area contributed by atoms with Crippen molar-refractivity contribution in [3.63, 3.8) is 0 Å². The maximum atomic E-state index is 12.5. The molecule has 0 aromatic heterocycles. The Morgan fingerprint density at radius 2 is 1.81 bits per heavy atom. The molecule has 142 valence electrons. The molecule has 0 saturated heterocycles. The highest BCUT2D eigenvalue weighted by molar-refractivity contribution is 7.99. The van der Waals surface area contributed by atoms with Gasteiger partial charge in [0.1, 0.15) is 4.90 Å². The van der Waals surface area contributed by atoms with E-state index in [4.69, 9.17) is 0 Å². The second kappa shape index (κ2) is 8.14. The number of fused-ring (bicyclic) bond motifs is 1. The Bertz CT molecular complexity index is 973. The summed E-state index contributed by atoms with van der Waals surface area (Å²) < 4.78 is 25.8. The minimum atomic E-state index is -3.82. The van der Waals surface area contributed by atoms with Crippen LogP contribution in [0.4, 0.5) is 5.69 Å². The van der Waals surface area contributed by atoms with Gasteiger partial charge in [0.2, 0.25) is 5.91 Å². The standard InChI is InChI=1S/C19H20N2O4S2/c1-2-26-16-10-5-4-9-15(16)20-18(22)12-7-13-21-19(23)14-8-3-6-11-17(14)27(21,24)25/h3-6,8-11H,2,7,12-13H2,1H3,(H,20,22). The van der Waals surface area contributed by atoms with Gasteiger partial charge >= 0.3 is 0 Å². The Labute approximate surface area is 163 Å². The van der Waals surface area contributed by atoms with E-state index in [1.807, 2.05) is 31.2 Å². The van der Waals surface area contributed by atoms with Crippen molar-refractivity contribution in [1.29, 1.82) is 0 Å². The monoisotopic (exact) mass is 404 g/mol. The second-order valence-corrected chi connectivity index (χ2v) is 9.10. The summed E-state index contributed by atoms with van der Waals surface area (Å²) in [5, 5.41) is 2.86. The molecular weight excluding hydrogens is 384 g/mol. The predicted molar refractivity (Wildman–Crippen MR) is 105 cm³/mol. The number of rotatable bonds is 7. The highest BCUT2D eigenvalue weighted by Crippen LogP contribution is 2.30. The first-order valence-corrected chi connectivity index (χ1v) is 11.1. The molecule has 1 N–H and O–H groups in total. The van der Waals surface area contributed by atoms with Gasteiger partial charge in [-0.3, -0.25) is 9.59 Å². The fourth-order valence-electron chi connectivity index (χ4n) is 2.90. The van der Waals surface area contributed by atoms with Gasteiger partial charge in [0.25, 0.3) is 15.9 Å². The van der Waals surface area contributed by atoms with Gasteiger partial charge in [0.05, 0.1) is 11.3 Å². The van der Waals surface area contributed by atoms with Crippen LogP contribution in [0, 0.1) is 0 Å². The largest absolute Gasteiger partial charge is 0.325 e. The van der Waals surface area contributed by atoms with E-state index in [0.29, 0.717) is 0 Å².